The highest BCUT2D eigenvalue weighted by atomic mass is 16.1. The second-order valence-electron chi connectivity index (χ2n) is 6.58. The van der Waals surface area contributed by atoms with Crippen LogP contribution < -0.4 is 5.32 Å². The molecule has 2 atom stereocenters. The molecule has 5 heteroatoms. The number of hydrogen-bond donors (Lipinski definition) is 1. The Morgan fingerprint density at radius 1 is 1.14 bits per heavy atom. The summed E-state index contributed by atoms with van der Waals surface area (Å²) in [6, 6.07) is 0.283. The predicted octanol–water partition coefficient (Wildman–Crippen LogP) is 2.25. The number of carbonyl (C=O) groups is 1. The molecule has 2 fully saturated rings. The van der Waals surface area contributed by atoms with Gasteiger partial charge in [0.25, 0.3) is 5.91 Å². The summed E-state index contributed by atoms with van der Waals surface area (Å²) in [5, 5.41) is 3.21. The Kier molecular flexibility index (Phi) is 5.38. The van der Waals surface area contributed by atoms with Crippen molar-refractivity contribution in [3.05, 3.63) is 24.3 Å². The molecule has 5 nitrogen and oxygen atoms in total. The third-order valence-electron chi connectivity index (χ3n) is 4.96. The molecule has 1 aromatic heterocycles. The van der Waals surface area contributed by atoms with Crippen LogP contribution in [0, 0.1) is 5.92 Å². The maximum Gasteiger partial charge on any atom is 0.271 e. The van der Waals surface area contributed by atoms with Gasteiger partial charge >= 0.3 is 0 Å². The van der Waals surface area contributed by atoms with E-state index in [0.717, 1.165) is 13.0 Å². The van der Waals surface area contributed by atoms with Gasteiger partial charge in [-0.05, 0) is 44.7 Å². The van der Waals surface area contributed by atoms with E-state index in [1.165, 1.54) is 57.8 Å². The zero-order valence-electron chi connectivity index (χ0n) is 13.2. The lowest BCUT2D eigenvalue weighted by atomic mass is 9.83. The zero-order valence-corrected chi connectivity index (χ0v) is 13.2. The molecule has 1 saturated carbocycles. The summed E-state index contributed by atoms with van der Waals surface area (Å²) >= 11 is 0. The minimum atomic E-state index is -0.0800. The highest BCUT2D eigenvalue weighted by Crippen LogP contribution is 2.26. The van der Waals surface area contributed by atoms with Gasteiger partial charge in [-0.25, -0.2) is 4.98 Å². The lowest BCUT2D eigenvalue weighted by Crippen LogP contribution is -2.47. The number of nitrogens with one attached hydrogen (secondary N) is 1. The van der Waals surface area contributed by atoms with E-state index in [1.54, 1.807) is 12.4 Å². The van der Waals surface area contributed by atoms with E-state index in [4.69, 9.17) is 0 Å². The molecule has 1 aliphatic heterocycles. The summed E-state index contributed by atoms with van der Waals surface area (Å²) in [6.07, 6.45) is 13.5. The molecule has 1 saturated heterocycles. The first kappa shape index (κ1) is 15.4. The maximum absolute atomic E-state index is 12.3. The van der Waals surface area contributed by atoms with Crippen molar-refractivity contribution in [2.24, 2.45) is 5.92 Å². The Morgan fingerprint density at radius 3 is 2.73 bits per heavy atom. The predicted molar refractivity (Wildman–Crippen MR) is 85.5 cm³/mol. The molecule has 2 aliphatic rings. The average molecular weight is 302 g/mol. The van der Waals surface area contributed by atoms with E-state index in [0.29, 0.717) is 11.6 Å². The van der Waals surface area contributed by atoms with Gasteiger partial charge < -0.3 is 10.2 Å². The molecule has 1 aliphatic carbocycles. The topological polar surface area (TPSA) is 58.1 Å². The second-order valence-corrected chi connectivity index (χ2v) is 6.58. The number of carbonyl (C=O) groups excluding carboxylic acids is 1. The summed E-state index contributed by atoms with van der Waals surface area (Å²) < 4.78 is 0. The SMILES string of the molecule is O=C(N[C@@H]1CCCC[C@H]1CN1CCCCC1)c1cnccn1. The van der Waals surface area contributed by atoms with E-state index in [1.807, 2.05) is 0 Å². The largest absolute Gasteiger partial charge is 0.348 e. The van der Waals surface area contributed by atoms with Crippen LogP contribution >= 0.6 is 0 Å². The fourth-order valence-electron chi connectivity index (χ4n) is 3.75. The van der Waals surface area contributed by atoms with Crippen molar-refractivity contribution < 1.29 is 4.79 Å². The number of nitrogens with zero attached hydrogens (tertiary/aromatic N) is 3. The quantitative estimate of drug-likeness (QED) is 0.927. The van der Waals surface area contributed by atoms with E-state index in [-0.39, 0.29) is 11.9 Å². The van der Waals surface area contributed by atoms with E-state index < -0.39 is 0 Å². The zero-order chi connectivity index (χ0) is 15.2. The summed E-state index contributed by atoms with van der Waals surface area (Å²) in [5.74, 6) is 0.496. The van der Waals surface area contributed by atoms with Crippen LogP contribution in [0.4, 0.5) is 0 Å². The van der Waals surface area contributed by atoms with Gasteiger partial charge in [-0.15, -0.1) is 0 Å². The van der Waals surface area contributed by atoms with Crippen LogP contribution in [-0.2, 0) is 0 Å². The summed E-state index contributed by atoms with van der Waals surface area (Å²) in [5.41, 5.74) is 0.421. The van der Waals surface area contributed by atoms with Crippen LogP contribution in [0.25, 0.3) is 0 Å². The van der Waals surface area contributed by atoms with Crippen molar-refractivity contribution in [1.82, 2.24) is 20.2 Å². The van der Waals surface area contributed by atoms with Crippen molar-refractivity contribution in [2.75, 3.05) is 19.6 Å². The van der Waals surface area contributed by atoms with Gasteiger partial charge in [0.15, 0.2) is 0 Å². The molecule has 0 unspecified atom stereocenters. The Labute approximate surface area is 132 Å². The molecule has 22 heavy (non-hydrogen) atoms. The minimum Gasteiger partial charge on any atom is -0.348 e. The van der Waals surface area contributed by atoms with Crippen LogP contribution in [0.5, 0.6) is 0 Å². The van der Waals surface area contributed by atoms with Crippen LogP contribution in [0.15, 0.2) is 18.6 Å². The molecule has 1 N–H and O–H groups in total. The standard InChI is InChI=1S/C17H26N4O/c22-17(16-12-18-8-9-19-16)20-15-7-3-2-6-14(15)13-21-10-4-1-5-11-21/h8-9,12,14-15H,1-7,10-11,13H2,(H,20,22)/t14-,15+/m0/s1. The van der Waals surface area contributed by atoms with Gasteiger partial charge in [0.2, 0.25) is 0 Å². The summed E-state index contributed by atoms with van der Waals surface area (Å²) in [6.45, 7) is 3.58. The normalized spacial score (nSPS) is 26.5. The van der Waals surface area contributed by atoms with E-state index >= 15 is 0 Å². The highest BCUT2D eigenvalue weighted by molar-refractivity contribution is 5.92. The fraction of sp³-hybridized carbons (Fsp3) is 0.706. The van der Waals surface area contributed by atoms with Gasteiger partial charge in [-0.2, -0.15) is 0 Å². The monoisotopic (exact) mass is 302 g/mol. The first-order valence-electron chi connectivity index (χ1n) is 8.62. The molecule has 3 rings (SSSR count). The number of rotatable bonds is 4. The first-order chi connectivity index (χ1) is 10.8. The summed E-state index contributed by atoms with van der Waals surface area (Å²) in [7, 11) is 0. The number of hydrogen-bond acceptors (Lipinski definition) is 4. The minimum absolute atomic E-state index is 0.0800. The lowest BCUT2D eigenvalue weighted by molar-refractivity contribution is 0.0872. The molecule has 0 bridgehead atoms. The lowest BCUT2D eigenvalue weighted by Gasteiger charge is -2.37. The summed E-state index contributed by atoms with van der Waals surface area (Å²) in [4.78, 5) is 23.0. The van der Waals surface area contributed by atoms with Gasteiger partial charge in [0.05, 0.1) is 6.20 Å². The molecular formula is C17H26N4O. The van der Waals surface area contributed by atoms with Crippen LogP contribution in [0.1, 0.15) is 55.4 Å². The van der Waals surface area contributed by atoms with Crippen LogP contribution in [-0.4, -0.2) is 46.5 Å². The molecule has 1 aromatic rings. The molecular weight excluding hydrogens is 276 g/mol. The number of likely N-dealkylation sites (tertiary alicyclic amines) is 1. The number of piperidine rings is 1. The van der Waals surface area contributed by atoms with Crippen LogP contribution in [0.2, 0.25) is 0 Å². The number of amides is 1. The molecule has 1 amide bonds. The van der Waals surface area contributed by atoms with Gasteiger partial charge in [0.1, 0.15) is 5.69 Å². The van der Waals surface area contributed by atoms with Gasteiger partial charge in [0, 0.05) is 25.0 Å². The van der Waals surface area contributed by atoms with Gasteiger partial charge in [-0.3, -0.25) is 9.78 Å². The van der Waals surface area contributed by atoms with Crippen LogP contribution in [0.3, 0.4) is 0 Å². The first-order valence-corrected chi connectivity index (χ1v) is 8.62. The molecule has 0 radical (unpaired) electrons. The Morgan fingerprint density at radius 2 is 1.95 bits per heavy atom. The Hall–Kier alpha value is -1.49. The highest BCUT2D eigenvalue weighted by Gasteiger charge is 2.29. The third-order valence-corrected chi connectivity index (χ3v) is 4.96. The fourth-order valence-corrected chi connectivity index (χ4v) is 3.75. The van der Waals surface area contributed by atoms with Crippen molar-refractivity contribution in [3.8, 4) is 0 Å². The van der Waals surface area contributed by atoms with Crippen molar-refractivity contribution in [2.45, 2.75) is 51.0 Å². The molecule has 0 aromatic carbocycles. The second kappa shape index (κ2) is 7.68. The molecule has 2 heterocycles. The number of aromatic nitrogens is 2. The van der Waals surface area contributed by atoms with E-state index in [2.05, 4.69) is 20.2 Å². The van der Waals surface area contributed by atoms with Gasteiger partial charge in [-0.1, -0.05) is 19.3 Å². The smallest absolute Gasteiger partial charge is 0.271 e. The third kappa shape index (κ3) is 4.03. The maximum atomic E-state index is 12.3. The van der Waals surface area contributed by atoms with E-state index in [9.17, 15) is 4.79 Å². The Balaban J connectivity index is 1.58. The van der Waals surface area contributed by atoms with Crippen molar-refractivity contribution in [1.29, 1.82) is 0 Å². The molecule has 0 spiro atoms. The molecule has 120 valence electrons. The van der Waals surface area contributed by atoms with Crippen molar-refractivity contribution in [3.63, 3.8) is 0 Å². The Bertz CT molecular complexity index is 473. The van der Waals surface area contributed by atoms with Crippen molar-refractivity contribution >= 4 is 5.91 Å². The average Bonchev–Trinajstić information content (AvgIpc) is 2.58.